The minimum absolute atomic E-state index is 0.158. The van der Waals surface area contributed by atoms with E-state index >= 15 is 0 Å². The highest BCUT2D eigenvalue weighted by Gasteiger charge is 2.61. The third-order valence-corrected chi connectivity index (χ3v) is 5.26. The fourth-order valence-electron chi connectivity index (χ4n) is 4.05. The molecule has 0 unspecified atom stereocenters. The summed E-state index contributed by atoms with van der Waals surface area (Å²) in [7, 11) is 1.41. The van der Waals surface area contributed by atoms with Crippen molar-refractivity contribution in [3.63, 3.8) is 0 Å². The van der Waals surface area contributed by atoms with Crippen molar-refractivity contribution in [2.24, 2.45) is 5.92 Å². The molecule has 6 nitrogen and oxygen atoms in total. The van der Waals surface area contributed by atoms with Gasteiger partial charge in [0.05, 0.1) is 12.6 Å². The first-order valence-corrected chi connectivity index (χ1v) is 8.54. The topological polar surface area (TPSA) is 57.2 Å². The highest BCUT2D eigenvalue weighted by atomic mass is 17.0. The Morgan fingerprint density at radius 2 is 2.14 bits per heavy atom. The van der Waals surface area contributed by atoms with E-state index in [2.05, 4.69) is 6.92 Å². The number of carbonyl (C=O) groups is 1. The summed E-state index contributed by atoms with van der Waals surface area (Å²) in [6.45, 7) is 2.84. The van der Waals surface area contributed by atoms with Crippen LogP contribution >= 0.6 is 0 Å². The van der Waals surface area contributed by atoms with Crippen molar-refractivity contribution in [2.75, 3.05) is 13.7 Å². The first-order valence-electron chi connectivity index (χ1n) is 8.54. The largest absolute Gasteiger partial charge is 0.467 e. The second kappa shape index (κ2) is 6.83. The molecule has 3 aliphatic rings. The van der Waals surface area contributed by atoms with Gasteiger partial charge in [-0.05, 0) is 25.7 Å². The number of esters is 1. The van der Waals surface area contributed by atoms with Crippen LogP contribution in [0.3, 0.4) is 0 Å². The number of hydroxylamine groups is 2. The van der Waals surface area contributed by atoms with Crippen LogP contribution in [0.1, 0.15) is 58.3 Å². The lowest BCUT2D eigenvalue weighted by Crippen LogP contribution is -2.55. The Balaban J connectivity index is 1.70. The number of unbranched alkanes of at least 4 members (excludes halogenated alkanes) is 1. The van der Waals surface area contributed by atoms with Crippen molar-refractivity contribution in [2.45, 2.75) is 76.2 Å². The standard InChI is InChI=1S/C16H27NO5/c1-3-4-11-20-13-8-10-16-9-6-5-7-12(16)14(15(18)19-2)22-17(16)21-13/h12-14H,3-11H2,1-2H3/t12-,13+,14+,16+/m1/s1. The van der Waals surface area contributed by atoms with Gasteiger partial charge in [-0.25, -0.2) is 9.63 Å². The van der Waals surface area contributed by atoms with E-state index in [1.165, 1.54) is 7.11 Å². The number of methoxy groups -OCH3 is 1. The molecule has 3 fully saturated rings. The molecule has 3 rings (SSSR count). The molecule has 1 saturated carbocycles. The SMILES string of the molecule is CCCCO[C@@H]1CC[C@@]23CCCC[C@@H]2[C@@H](C(=O)OC)ON3O1. The summed E-state index contributed by atoms with van der Waals surface area (Å²) in [5.41, 5.74) is -0.179. The van der Waals surface area contributed by atoms with E-state index in [4.69, 9.17) is 19.1 Å². The van der Waals surface area contributed by atoms with Gasteiger partial charge in [-0.15, -0.1) is 0 Å². The molecule has 0 aromatic heterocycles. The van der Waals surface area contributed by atoms with Gasteiger partial charge in [-0.2, -0.15) is 0 Å². The molecule has 2 aliphatic heterocycles. The van der Waals surface area contributed by atoms with Crippen LogP contribution in [-0.4, -0.2) is 42.8 Å². The number of ether oxygens (including phenoxy) is 2. The lowest BCUT2D eigenvalue weighted by molar-refractivity contribution is -0.454. The molecule has 0 aromatic rings. The zero-order valence-corrected chi connectivity index (χ0v) is 13.6. The van der Waals surface area contributed by atoms with Gasteiger partial charge in [-0.3, -0.25) is 4.84 Å². The number of carbonyl (C=O) groups excluding carboxylic acids is 1. The van der Waals surface area contributed by atoms with Crippen LogP contribution in [0.25, 0.3) is 0 Å². The van der Waals surface area contributed by atoms with Crippen LogP contribution in [0, 0.1) is 5.92 Å². The number of hydrogen-bond acceptors (Lipinski definition) is 6. The van der Waals surface area contributed by atoms with E-state index in [0.29, 0.717) is 6.61 Å². The molecule has 2 saturated heterocycles. The third kappa shape index (κ3) is 2.77. The molecule has 0 aromatic carbocycles. The van der Waals surface area contributed by atoms with Gasteiger partial charge in [0.15, 0.2) is 12.4 Å². The third-order valence-electron chi connectivity index (χ3n) is 5.26. The van der Waals surface area contributed by atoms with Gasteiger partial charge in [0.1, 0.15) is 0 Å². The quantitative estimate of drug-likeness (QED) is 0.574. The van der Waals surface area contributed by atoms with E-state index in [1.807, 2.05) is 0 Å². The Morgan fingerprint density at radius 3 is 2.91 bits per heavy atom. The molecule has 1 spiro atoms. The van der Waals surface area contributed by atoms with E-state index in [-0.39, 0.29) is 23.7 Å². The Morgan fingerprint density at radius 1 is 1.27 bits per heavy atom. The smallest absolute Gasteiger partial charge is 0.337 e. The summed E-state index contributed by atoms with van der Waals surface area (Å²) in [6, 6.07) is 0. The maximum absolute atomic E-state index is 12.0. The van der Waals surface area contributed by atoms with Crippen LogP contribution < -0.4 is 0 Å². The highest BCUT2D eigenvalue weighted by Crippen LogP contribution is 2.52. The number of rotatable bonds is 5. The molecule has 4 atom stereocenters. The molecular weight excluding hydrogens is 286 g/mol. The van der Waals surface area contributed by atoms with Crippen LogP contribution in [0.2, 0.25) is 0 Å². The minimum Gasteiger partial charge on any atom is -0.467 e. The molecule has 0 radical (unpaired) electrons. The van der Waals surface area contributed by atoms with E-state index in [9.17, 15) is 4.79 Å². The lowest BCUT2D eigenvalue weighted by atomic mass is 9.68. The fraction of sp³-hybridized carbons (Fsp3) is 0.938. The number of nitrogens with zero attached hydrogens (tertiary/aromatic N) is 1. The normalized spacial score (nSPS) is 38.4. The van der Waals surface area contributed by atoms with Gasteiger partial charge < -0.3 is 9.47 Å². The molecule has 0 amide bonds. The van der Waals surface area contributed by atoms with Crippen molar-refractivity contribution in [3.8, 4) is 0 Å². The number of hydrogen-bond donors (Lipinski definition) is 0. The molecule has 0 N–H and O–H groups in total. The minimum atomic E-state index is -0.542. The fourth-order valence-corrected chi connectivity index (χ4v) is 4.05. The Kier molecular flexibility index (Phi) is 5.02. The zero-order valence-electron chi connectivity index (χ0n) is 13.6. The van der Waals surface area contributed by atoms with Crippen molar-refractivity contribution in [1.29, 1.82) is 0 Å². The average Bonchev–Trinajstić information content (AvgIpc) is 2.89. The van der Waals surface area contributed by atoms with Crippen molar-refractivity contribution >= 4 is 5.97 Å². The molecule has 1 aliphatic carbocycles. The average molecular weight is 313 g/mol. The molecular formula is C16H27NO5. The second-order valence-electron chi connectivity index (χ2n) is 6.56. The molecule has 0 bridgehead atoms. The van der Waals surface area contributed by atoms with Crippen LogP contribution in [0.5, 0.6) is 0 Å². The van der Waals surface area contributed by atoms with Gasteiger partial charge in [0.2, 0.25) is 0 Å². The maximum Gasteiger partial charge on any atom is 0.337 e. The van der Waals surface area contributed by atoms with Gasteiger partial charge >= 0.3 is 5.97 Å². The van der Waals surface area contributed by atoms with E-state index < -0.39 is 6.10 Å². The highest BCUT2D eigenvalue weighted by molar-refractivity contribution is 5.75. The lowest BCUT2D eigenvalue weighted by Gasteiger charge is -2.46. The van der Waals surface area contributed by atoms with Gasteiger partial charge in [0.25, 0.3) is 0 Å². The van der Waals surface area contributed by atoms with Crippen molar-refractivity contribution in [1.82, 2.24) is 5.23 Å². The Bertz CT molecular complexity index is 404. The zero-order chi connectivity index (χ0) is 15.6. The predicted octanol–water partition coefficient (Wildman–Crippen LogP) is 2.57. The molecule has 22 heavy (non-hydrogen) atoms. The first kappa shape index (κ1) is 16.2. The van der Waals surface area contributed by atoms with E-state index in [1.54, 1.807) is 5.23 Å². The molecule has 2 heterocycles. The molecule has 126 valence electrons. The van der Waals surface area contributed by atoms with E-state index in [0.717, 1.165) is 51.4 Å². The summed E-state index contributed by atoms with van der Waals surface area (Å²) in [5, 5.41) is 1.60. The van der Waals surface area contributed by atoms with Crippen molar-refractivity contribution in [3.05, 3.63) is 0 Å². The van der Waals surface area contributed by atoms with Crippen LogP contribution in [0.15, 0.2) is 0 Å². The van der Waals surface area contributed by atoms with Gasteiger partial charge in [0, 0.05) is 18.9 Å². The predicted molar refractivity (Wildman–Crippen MR) is 78.4 cm³/mol. The van der Waals surface area contributed by atoms with Crippen LogP contribution in [-0.2, 0) is 23.9 Å². The van der Waals surface area contributed by atoms with Crippen LogP contribution in [0.4, 0.5) is 0 Å². The summed E-state index contributed by atoms with van der Waals surface area (Å²) in [6.07, 6.45) is 7.39. The summed E-state index contributed by atoms with van der Waals surface area (Å²) >= 11 is 0. The van der Waals surface area contributed by atoms with Crippen molar-refractivity contribution < 1.29 is 23.9 Å². The Labute approximate surface area is 131 Å². The van der Waals surface area contributed by atoms with Gasteiger partial charge in [-0.1, -0.05) is 31.4 Å². The summed E-state index contributed by atoms with van der Waals surface area (Å²) < 4.78 is 10.7. The summed E-state index contributed by atoms with van der Waals surface area (Å²) in [5.74, 6) is -0.141. The molecule has 6 heteroatoms. The maximum atomic E-state index is 12.0. The summed E-state index contributed by atoms with van der Waals surface area (Å²) in [4.78, 5) is 23.8. The monoisotopic (exact) mass is 313 g/mol. The first-order chi connectivity index (χ1) is 10.7. The Hall–Kier alpha value is -0.690. The second-order valence-corrected chi connectivity index (χ2v) is 6.56.